The van der Waals surface area contributed by atoms with Gasteiger partial charge in [0.1, 0.15) is 0 Å². The largest absolute Gasteiger partial charge is 0.469 e. The minimum absolute atomic E-state index is 0.0960. The number of para-hydroxylation sites is 1. The van der Waals surface area contributed by atoms with Crippen LogP contribution in [0.4, 0.5) is 0 Å². The smallest absolute Gasteiger partial charge is 0.307 e. The number of nitrogens with one attached hydrogen (secondary N) is 1. The number of rotatable bonds is 6. The Morgan fingerprint density at radius 2 is 1.85 bits per heavy atom. The average Bonchev–Trinajstić information content (AvgIpc) is 3.28. The van der Waals surface area contributed by atoms with Gasteiger partial charge in [0.25, 0.3) is 0 Å². The van der Waals surface area contributed by atoms with Gasteiger partial charge in [-0.25, -0.2) is 0 Å². The van der Waals surface area contributed by atoms with Gasteiger partial charge in [0.2, 0.25) is 0 Å². The van der Waals surface area contributed by atoms with E-state index in [0.29, 0.717) is 11.7 Å². The standard InChI is InChI=1S/C26H30N4O2S/c1-16-9-8-10-17(2)24(16)30-18(3)15-20(19(30)4)25-23(21-11-6-7-13-27-21)28-26(33)29(25)14-12-22(31)32-5/h6-11,13,15,23,25H,12,14H2,1-5H3,(H,28,33)/t23-,25+/m1/s1. The highest BCUT2D eigenvalue weighted by atomic mass is 32.1. The number of carbonyl (C=O) groups is 1. The van der Waals surface area contributed by atoms with Crippen LogP contribution in [0.25, 0.3) is 5.69 Å². The molecule has 7 heteroatoms. The Kier molecular flexibility index (Phi) is 6.51. The SMILES string of the molecule is COC(=O)CCN1C(=S)N[C@H](c2ccccn2)[C@@H]1c1cc(C)n(-c2c(C)cccc2C)c1C. The van der Waals surface area contributed by atoms with Crippen LogP contribution in [0, 0.1) is 27.7 Å². The Balaban J connectivity index is 1.83. The van der Waals surface area contributed by atoms with Gasteiger partial charge < -0.3 is 19.5 Å². The summed E-state index contributed by atoms with van der Waals surface area (Å²) in [6, 6.07) is 14.3. The lowest BCUT2D eigenvalue weighted by Crippen LogP contribution is -2.32. The van der Waals surface area contributed by atoms with Crippen LogP contribution in [-0.4, -0.2) is 39.2 Å². The van der Waals surface area contributed by atoms with E-state index < -0.39 is 0 Å². The first-order valence-corrected chi connectivity index (χ1v) is 11.5. The van der Waals surface area contributed by atoms with Crippen LogP contribution in [0.2, 0.25) is 0 Å². The molecule has 1 aliphatic heterocycles. The molecule has 1 fully saturated rings. The molecule has 4 rings (SSSR count). The molecule has 1 aliphatic rings. The Hall–Kier alpha value is -3.19. The van der Waals surface area contributed by atoms with Gasteiger partial charge in [-0.15, -0.1) is 0 Å². The third-order valence-electron chi connectivity index (χ3n) is 6.43. The predicted molar refractivity (Wildman–Crippen MR) is 134 cm³/mol. The lowest BCUT2D eigenvalue weighted by Gasteiger charge is -2.28. The molecule has 0 saturated carbocycles. The number of pyridine rings is 1. The number of esters is 1. The molecular weight excluding hydrogens is 432 g/mol. The first kappa shape index (κ1) is 23.0. The maximum absolute atomic E-state index is 11.9. The van der Waals surface area contributed by atoms with Crippen molar-refractivity contribution in [1.29, 1.82) is 0 Å². The van der Waals surface area contributed by atoms with E-state index in [1.54, 1.807) is 6.20 Å². The van der Waals surface area contributed by atoms with E-state index in [2.05, 4.69) is 71.7 Å². The summed E-state index contributed by atoms with van der Waals surface area (Å²) < 4.78 is 7.21. The molecule has 2 atom stereocenters. The van der Waals surface area contributed by atoms with Gasteiger partial charge in [0.15, 0.2) is 5.11 Å². The maximum Gasteiger partial charge on any atom is 0.307 e. The van der Waals surface area contributed by atoms with Crippen molar-refractivity contribution in [2.75, 3.05) is 13.7 Å². The first-order chi connectivity index (χ1) is 15.8. The number of ether oxygens (including phenoxy) is 1. The molecule has 1 N–H and O–H groups in total. The van der Waals surface area contributed by atoms with Crippen molar-refractivity contribution in [3.63, 3.8) is 0 Å². The van der Waals surface area contributed by atoms with Gasteiger partial charge >= 0.3 is 5.97 Å². The topological polar surface area (TPSA) is 59.4 Å². The Labute approximate surface area is 200 Å². The molecule has 0 bridgehead atoms. The highest BCUT2D eigenvalue weighted by molar-refractivity contribution is 7.80. The number of benzene rings is 1. The molecule has 0 radical (unpaired) electrons. The predicted octanol–water partition coefficient (Wildman–Crippen LogP) is 4.64. The molecule has 0 amide bonds. The van der Waals surface area contributed by atoms with Crippen LogP contribution >= 0.6 is 12.2 Å². The third kappa shape index (κ3) is 4.25. The van der Waals surface area contributed by atoms with E-state index in [0.717, 1.165) is 17.1 Å². The summed E-state index contributed by atoms with van der Waals surface area (Å²) in [6.07, 6.45) is 2.06. The fraction of sp³-hybridized carbons (Fsp3) is 0.346. The zero-order valence-electron chi connectivity index (χ0n) is 19.8. The second-order valence-corrected chi connectivity index (χ2v) is 8.94. The maximum atomic E-state index is 11.9. The second kappa shape index (κ2) is 9.35. The van der Waals surface area contributed by atoms with Gasteiger partial charge in [-0.3, -0.25) is 9.78 Å². The molecule has 172 valence electrons. The lowest BCUT2D eigenvalue weighted by molar-refractivity contribution is -0.140. The van der Waals surface area contributed by atoms with E-state index in [1.165, 1.54) is 29.5 Å². The molecule has 0 spiro atoms. The van der Waals surface area contributed by atoms with Gasteiger partial charge in [0, 0.05) is 24.1 Å². The van der Waals surface area contributed by atoms with Crippen molar-refractivity contribution < 1.29 is 9.53 Å². The number of carbonyl (C=O) groups excluding carboxylic acids is 1. The number of aryl methyl sites for hydroxylation is 3. The Bertz CT molecular complexity index is 1170. The summed E-state index contributed by atoms with van der Waals surface area (Å²) in [5.74, 6) is -0.251. The van der Waals surface area contributed by atoms with Gasteiger partial charge in [-0.2, -0.15) is 0 Å². The normalized spacial score (nSPS) is 17.8. The fourth-order valence-electron chi connectivity index (χ4n) is 4.89. The molecule has 0 unspecified atom stereocenters. The monoisotopic (exact) mass is 462 g/mol. The van der Waals surface area contributed by atoms with Crippen LogP contribution in [0.5, 0.6) is 0 Å². The molecule has 33 heavy (non-hydrogen) atoms. The van der Waals surface area contributed by atoms with Crippen molar-refractivity contribution in [1.82, 2.24) is 19.8 Å². The zero-order valence-corrected chi connectivity index (χ0v) is 20.6. The molecular formula is C26H30N4O2S. The fourth-order valence-corrected chi connectivity index (χ4v) is 5.22. The number of thiocarbonyl (C=S) groups is 1. The van der Waals surface area contributed by atoms with Gasteiger partial charge in [-0.05, 0) is 74.8 Å². The molecule has 1 aromatic carbocycles. The Morgan fingerprint density at radius 1 is 1.12 bits per heavy atom. The highest BCUT2D eigenvalue weighted by Crippen LogP contribution is 2.41. The van der Waals surface area contributed by atoms with Crippen molar-refractivity contribution in [2.45, 2.75) is 46.2 Å². The molecule has 1 saturated heterocycles. The Morgan fingerprint density at radius 3 is 2.48 bits per heavy atom. The van der Waals surface area contributed by atoms with Crippen LogP contribution in [0.1, 0.15) is 52.3 Å². The van der Waals surface area contributed by atoms with E-state index >= 15 is 0 Å². The molecule has 2 aromatic heterocycles. The van der Waals surface area contributed by atoms with Gasteiger partial charge in [-0.1, -0.05) is 24.3 Å². The molecule has 3 aromatic rings. The number of hydrogen-bond acceptors (Lipinski definition) is 4. The van der Waals surface area contributed by atoms with Crippen molar-refractivity contribution in [3.8, 4) is 5.69 Å². The summed E-state index contributed by atoms with van der Waals surface area (Å²) in [6.45, 7) is 9.06. The lowest BCUT2D eigenvalue weighted by atomic mass is 9.96. The van der Waals surface area contributed by atoms with Crippen LogP contribution in [0.3, 0.4) is 0 Å². The summed E-state index contributed by atoms with van der Waals surface area (Å²) in [5.41, 5.74) is 8.07. The minimum atomic E-state index is -0.251. The summed E-state index contributed by atoms with van der Waals surface area (Å²) in [4.78, 5) is 18.6. The van der Waals surface area contributed by atoms with Crippen LogP contribution < -0.4 is 5.32 Å². The number of hydrogen-bond donors (Lipinski definition) is 1. The average molecular weight is 463 g/mol. The minimum Gasteiger partial charge on any atom is -0.469 e. The second-order valence-electron chi connectivity index (χ2n) is 8.55. The van der Waals surface area contributed by atoms with E-state index in [4.69, 9.17) is 17.0 Å². The highest BCUT2D eigenvalue weighted by Gasteiger charge is 2.41. The van der Waals surface area contributed by atoms with Crippen LogP contribution in [0.15, 0.2) is 48.7 Å². The summed E-state index contributed by atoms with van der Waals surface area (Å²) in [5, 5.41) is 4.08. The van der Waals surface area contributed by atoms with E-state index in [-0.39, 0.29) is 24.5 Å². The van der Waals surface area contributed by atoms with E-state index in [9.17, 15) is 4.79 Å². The van der Waals surface area contributed by atoms with E-state index in [1.807, 2.05) is 18.2 Å². The van der Waals surface area contributed by atoms with Crippen molar-refractivity contribution in [3.05, 3.63) is 82.4 Å². The zero-order chi connectivity index (χ0) is 23.7. The van der Waals surface area contributed by atoms with Crippen molar-refractivity contribution >= 4 is 23.3 Å². The first-order valence-electron chi connectivity index (χ1n) is 11.1. The number of aromatic nitrogens is 2. The van der Waals surface area contributed by atoms with Crippen LogP contribution in [-0.2, 0) is 9.53 Å². The van der Waals surface area contributed by atoms with Gasteiger partial charge in [0.05, 0.1) is 37.0 Å². The molecule has 0 aliphatic carbocycles. The quantitative estimate of drug-likeness (QED) is 0.425. The molecule has 6 nitrogen and oxygen atoms in total. The third-order valence-corrected chi connectivity index (χ3v) is 6.79. The summed E-state index contributed by atoms with van der Waals surface area (Å²) in [7, 11) is 1.41. The number of methoxy groups -OCH3 is 1. The number of nitrogens with zero attached hydrogens (tertiary/aromatic N) is 3. The molecule has 3 heterocycles. The summed E-state index contributed by atoms with van der Waals surface area (Å²) >= 11 is 5.73. The van der Waals surface area contributed by atoms with Crippen molar-refractivity contribution in [2.24, 2.45) is 0 Å².